The van der Waals surface area contributed by atoms with E-state index in [2.05, 4.69) is 10.3 Å². The van der Waals surface area contributed by atoms with Gasteiger partial charge in [-0.2, -0.15) is 0 Å². The molecule has 7 heteroatoms. The van der Waals surface area contributed by atoms with Crippen LogP contribution in [0.5, 0.6) is 0 Å². The molecule has 4 N–H and O–H groups in total. The van der Waals surface area contributed by atoms with E-state index in [1.54, 1.807) is 22.8 Å². The molecule has 0 unspecified atom stereocenters. The Labute approximate surface area is 151 Å². The lowest BCUT2D eigenvalue weighted by Gasteiger charge is -2.19. The zero-order chi connectivity index (χ0) is 18.9. The predicted molar refractivity (Wildman–Crippen MR) is 101 cm³/mol. The summed E-state index contributed by atoms with van der Waals surface area (Å²) in [6, 6.07) is 12.7. The van der Waals surface area contributed by atoms with Crippen LogP contribution in [0, 0.1) is 0 Å². The van der Waals surface area contributed by atoms with Crippen molar-refractivity contribution < 1.29 is 14.6 Å². The number of nitrogens with one attached hydrogen (secondary N) is 1. The molecule has 3 rings (SSSR count). The van der Waals surface area contributed by atoms with Crippen LogP contribution >= 0.6 is 0 Å². The van der Waals surface area contributed by atoms with Crippen LogP contribution in [-0.4, -0.2) is 26.4 Å². The van der Waals surface area contributed by atoms with Gasteiger partial charge in [-0.3, -0.25) is 9.88 Å². The minimum absolute atomic E-state index is 0.0575. The first-order valence-corrected chi connectivity index (χ1v) is 8.25. The van der Waals surface area contributed by atoms with Crippen LogP contribution in [0.25, 0.3) is 16.7 Å². The van der Waals surface area contributed by atoms with Crippen LogP contribution in [0.15, 0.2) is 42.5 Å². The van der Waals surface area contributed by atoms with Gasteiger partial charge >= 0.3 is 6.09 Å². The molecule has 0 bridgehead atoms. The standard InChI is InChI=1S/C19H22N4O3/c1-19(2,3)26-18(25)21-13-5-4-6-14(10-13)23-16-8-7-12(11-24)9-15(16)22-17(23)20/h4-10,24H,11H2,1-3H3,(H2,20,22)(H,21,25). The summed E-state index contributed by atoms with van der Waals surface area (Å²) < 4.78 is 7.06. The van der Waals surface area contributed by atoms with E-state index in [-0.39, 0.29) is 6.61 Å². The Morgan fingerprint density at radius 2 is 2.04 bits per heavy atom. The summed E-state index contributed by atoms with van der Waals surface area (Å²) in [6.45, 7) is 5.36. The number of anilines is 2. The summed E-state index contributed by atoms with van der Waals surface area (Å²) in [6.07, 6.45) is -0.523. The molecule has 0 aliphatic carbocycles. The number of nitrogen functional groups attached to an aromatic ring is 1. The molecule has 0 aliphatic heterocycles. The van der Waals surface area contributed by atoms with Gasteiger partial charge in [0.1, 0.15) is 5.60 Å². The Morgan fingerprint density at radius 3 is 2.73 bits per heavy atom. The quantitative estimate of drug-likeness (QED) is 0.668. The summed E-state index contributed by atoms with van der Waals surface area (Å²) in [5, 5.41) is 12.0. The van der Waals surface area contributed by atoms with Crippen molar-refractivity contribution in [3.8, 4) is 5.69 Å². The second-order valence-electron chi connectivity index (χ2n) is 6.96. The SMILES string of the molecule is CC(C)(C)OC(=O)Nc1cccc(-n2c(N)nc3cc(CO)ccc32)c1. The second-order valence-corrected chi connectivity index (χ2v) is 6.96. The fourth-order valence-corrected chi connectivity index (χ4v) is 2.66. The van der Waals surface area contributed by atoms with Gasteiger partial charge in [-0.05, 0) is 56.7 Å². The van der Waals surface area contributed by atoms with Gasteiger partial charge in [-0.15, -0.1) is 0 Å². The summed E-state index contributed by atoms with van der Waals surface area (Å²) in [4.78, 5) is 16.3. The van der Waals surface area contributed by atoms with Crippen molar-refractivity contribution in [2.45, 2.75) is 33.0 Å². The highest BCUT2D eigenvalue weighted by molar-refractivity contribution is 5.86. The third-order valence-corrected chi connectivity index (χ3v) is 3.68. The van der Waals surface area contributed by atoms with Gasteiger partial charge in [0, 0.05) is 5.69 Å². The van der Waals surface area contributed by atoms with E-state index in [0.29, 0.717) is 17.2 Å². The molecule has 0 saturated heterocycles. The van der Waals surface area contributed by atoms with E-state index in [1.165, 1.54) is 0 Å². The minimum Gasteiger partial charge on any atom is -0.444 e. The third kappa shape index (κ3) is 3.78. The first kappa shape index (κ1) is 17.8. The molecule has 0 fully saturated rings. The number of fused-ring (bicyclic) bond motifs is 1. The first-order chi connectivity index (χ1) is 12.3. The van der Waals surface area contributed by atoms with E-state index in [9.17, 15) is 9.90 Å². The van der Waals surface area contributed by atoms with E-state index in [1.807, 2.05) is 45.0 Å². The molecule has 0 saturated carbocycles. The fourth-order valence-electron chi connectivity index (χ4n) is 2.66. The molecule has 1 amide bonds. The van der Waals surface area contributed by atoms with E-state index in [0.717, 1.165) is 16.8 Å². The predicted octanol–water partition coefficient (Wildman–Crippen LogP) is 3.45. The number of nitrogens with two attached hydrogens (primary N) is 1. The van der Waals surface area contributed by atoms with Crippen LogP contribution in [-0.2, 0) is 11.3 Å². The number of ether oxygens (including phenoxy) is 1. The number of aromatic nitrogens is 2. The van der Waals surface area contributed by atoms with Crippen LogP contribution in [0.3, 0.4) is 0 Å². The molecule has 0 spiro atoms. The van der Waals surface area contributed by atoms with Gasteiger partial charge < -0.3 is 15.6 Å². The lowest BCUT2D eigenvalue weighted by Crippen LogP contribution is -2.27. The average molecular weight is 354 g/mol. The largest absolute Gasteiger partial charge is 0.444 e. The molecule has 0 atom stereocenters. The summed E-state index contributed by atoms with van der Waals surface area (Å²) >= 11 is 0. The number of aliphatic hydroxyl groups is 1. The molecule has 1 aromatic heterocycles. The number of imidazole rings is 1. The Bertz CT molecular complexity index is 957. The van der Waals surface area contributed by atoms with E-state index < -0.39 is 11.7 Å². The van der Waals surface area contributed by atoms with Crippen LogP contribution in [0.2, 0.25) is 0 Å². The molecule has 7 nitrogen and oxygen atoms in total. The van der Waals surface area contributed by atoms with E-state index >= 15 is 0 Å². The maximum Gasteiger partial charge on any atom is 0.412 e. The number of amides is 1. The maximum absolute atomic E-state index is 12.0. The number of carbonyl (C=O) groups excluding carboxylic acids is 1. The van der Waals surface area contributed by atoms with Gasteiger partial charge in [-0.1, -0.05) is 12.1 Å². The van der Waals surface area contributed by atoms with Crippen molar-refractivity contribution in [3.63, 3.8) is 0 Å². The average Bonchev–Trinajstić information content (AvgIpc) is 2.87. The van der Waals surface area contributed by atoms with Crippen molar-refractivity contribution >= 4 is 28.8 Å². The number of benzene rings is 2. The smallest absolute Gasteiger partial charge is 0.412 e. The highest BCUT2D eigenvalue weighted by Gasteiger charge is 2.17. The lowest BCUT2D eigenvalue weighted by molar-refractivity contribution is 0.0636. The second kappa shape index (κ2) is 6.68. The van der Waals surface area contributed by atoms with Crippen molar-refractivity contribution in [2.24, 2.45) is 0 Å². The molecule has 3 aromatic rings. The number of carbonyl (C=O) groups is 1. The molecular weight excluding hydrogens is 332 g/mol. The topological polar surface area (TPSA) is 102 Å². The molecule has 0 radical (unpaired) electrons. The number of aliphatic hydroxyl groups excluding tert-OH is 1. The van der Waals surface area contributed by atoms with Crippen molar-refractivity contribution in [3.05, 3.63) is 48.0 Å². The van der Waals surface area contributed by atoms with Gasteiger partial charge in [0.25, 0.3) is 0 Å². The minimum atomic E-state index is -0.572. The third-order valence-electron chi connectivity index (χ3n) is 3.68. The van der Waals surface area contributed by atoms with Gasteiger partial charge in [0.2, 0.25) is 5.95 Å². The number of nitrogens with zero attached hydrogens (tertiary/aromatic N) is 2. The molecule has 26 heavy (non-hydrogen) atoms. The zero-order valence-electron chi connectivity index (χ0n) is 15.0. The number of hydrogen-bond donors (Lipinski definition) is 3. The Hall–Kier alpha value is -3.06. The van der Waals surface area contributed by atoms with Gasteiger partial charge in [0.15, 0.2) is 0 Å². The van der Waals surface area contributed by atoms with Gasteiger partial charge in [-0.25, -0.2) is 9.78 Å². The molecule has 136 valence electrons. The summed E-state index contributed by atoms with van der Waals surface area (Å²) in [7, 11) is 0. The summed E-state index contributed by atoms with van der Waals surface area (Å²) in [5.74, 6) is 0.324. The van der Waals surface area contributed by atoms with Crippen molar-refractivity contribution in [1.29, 1.82) is 0 Å². The summed E-state index contributed by atoms with van der Waals surface area (Å²) in [5.41, 5.74) is 9.14. The van der Waals surface area contributed by atoms with Crippen molar-refractivity contribution in [2.75, 3.05) is 11.1 Å². The Balaban J connectivity index is 1.94. The molecule has 2 aromatic carbocycles. The van der Waals surface area contributed by atoms with Gasteiger partial charge in [0.05, 0.1) is 23.3 Å². The Kier molecular flexibility index (Phi) is 4.56. The lowest BCUT2D eigenvalue weighted by atomic mass is 10.2. The fraction of sp³-hybridized carbons (Fsp3) is 0.263. The molecular formula is C19H22N4O3. The van der Waals surface area contributed by atoms with Crippen LogP contribution < -0.4 is 11.1 Å². The molecule has 1 heterocycles. The first-order valence-electron chi connectivity index (χ1n) is 8.25. The highest BCUT2D eigenvalue weighted by Crippen LogP contribution is 2.26. The van der Waals surface area contributed by atoms with Crippen molar-refractivity contribution in [1.82, 2.24) is 9.55 Å². The molecule has 0 aliphatic rings. The zero-order valence-corrected chi connectivity index (χ0v) is 15.0. The normalized spacial score (nSPS) is 11.5. The van der Waals surface area contributed by atoms with E-state index in [4.69, 9.17) is 10.5 Å². The maximum atomic E-state index is 12.0. The Morgan fingerprint density at radius 1 is 1.27 bits per heavy atom. The number of hydrogen-bond acceptors (Lipinski definition) is 5. The number of rotatable bonds is 3. The monoisotopic (exact) mass is 354 g/mol. The van der Waals surface area contributed by atoms with Crippen LogP contribution in [0.4, 0.5) is 16.4 Å². The highest BCUT2D eigenvalue weighted by atomic mass is 16.6. The van der Waals surface area contributed by atoms with Crippen LogP contribution in [0.1, 0.15) is 26.3 Å².